The molecule has 5 N–H and O–H groups in total. The Kier molecular flexibility index (Phi) is 8.02. The number of hydrogen-bond donors (Lipinski definition) is 5. The first-order chi connectivity index (χ1) is 11.6. The van der Waals surface area contributed by atoms with Crippen LogP contribution in [0.25, 0.3) is 0 Å². The second-order valence-electron chi connectivity index (χ2n) is 5.43. The number of carboxylic acids is 1. The van der Waals surface area contributed by atoms with Gasteiger partial charge in [-0.05, 0) is 12.8 Å². The minimum atomic E-state index is -5.22. The average molecular weight is 375 g/mol. The van der Waals surface area contributed by atoms with Crippen LogP contribution in [0.4, 0.5) is 13.2 Å². The number of carbonyl (C=O) groups is 2. The summed E-state index contributed by atoms with van der Waals surface area (Å²) in [5, 5.41) is 38.7. The van der Waals surface area contributed by atoms with Gasteiger partial charge < -0.3 is 35.2 Å². The van der Waals surface area contributed by atoms with Crippen LogP contribution < -0.4 is 5.32 Å². The van der Waals surface area contributed by atoms with Crippen molar-refractivity contribution >= 4 is 11.9 Å². The van der Waals surface area contributed by atoms with Crippen molar-refractivity contribution in [3.05, 3.63) is 0 Å². The number of halogens is 3. The van der Waals surface area contributed by atoms with E-state index < -0.39 is 55.3 Å². The number of alkyl halides is 3. The van der Waals surface area contributed by atoms with Crippen LogP contribution in [0.1, 0.15) is 19.3 Å². The maximum absolute atomic E-state index is 12.4. The molecule has 9 nitrogen and oxygen atoms in total. The molecule has 0 radical (unpaired) electrons. The van der Waals surface area contributed by atoms with E-state index in [4.69, 9.17) is 19.7 Å². The molecule has 0 aliphatic carbocycles. The SMILES string of the molecule is O=C(O)CCCCO[C@@H]1OC(CO)[C@H](O)[C@H](O)C1NC(=O)C(F)(F)F. The molecular formula is C13H20F3NO8. The molecule has 146 valence electrons. The highest BCUT2D eigenvalue weighted by molar-refractivity contribution is 5.82. The first-order valence-corrected chi connectivity index (χ1v) is 7.41. The molecule has 0 saturated carbocycles. The van der Waals surface area contributed by atoms with Gasteiger partial charge in [-0.25, -0.2) is 0 Å². The highest BCUT2D eigenvalue weighted by Gasteiger charge is 2.49. The molecule has 5 atom stereocenters. The number of hydrogen-bond acceptors (Lipinski definition) is 7. The van der Waals surface area contributed by atoms with Crippen molar-refractivity contribution in [3.8, 4) is 0 Å². The molecule has 12 heteroatoms. The van der Waals surface area contributed by atoms with E-state index in [2.05, 4.69) is 0 Å². The smallest absolute Gasteiger partial charge is 0.471 e. The summed E-state index contributed by atoms with van der Waals surface area (Å²) in [7, 11) is 0. The zero-order chi connectivity index (χ0) is 19.2. The number of aliphatic carboxylic acids is 1. The number of ether oxygens (including phenoxy) is 2. The van der Waals surface area contributed by atoms with Crippen molar-refractivity contribution in [1.82, 2.24) is 5.32 Å². The zero-order valence-electron chi connectivity index (χ0n) is 13.0. The van der Waals surface area contributed by atoms with E-state index in [0.717, 1.165) is 0 Å². The lowest BCUT2D eigenvalue weighted by atomic mass is 9.97. The maximum Gasteiger partial charge on any atom is 0.471 e. The molecule has 2 unspecified atom stereocenters. The predicted octanol–water partition coefficient (Wildman–Crippen LogP) is -1.26. The summed E-state index contributed by atoms with van der Waals surface area (Å²) in [6.07, 6.45) is -11.4. The summed E-state index contributed by atoms with van der Waals surface area (Å²) in [6, 6.07) is -1.73. The van der Waals surface area contributed by atoms with Gasteiger partial charge in [-0.1, -0.05) is 0 Å². The molecule has 1 aliphatic rings. The summed E-state index contributed by atoms with van der Waals surface area (Å²) in [5.74, 6) is -3.38. The maximum atomic E-state index is 12.4. The van der Waals surface area contributed by atoms with E-state index in [1.165, 1.54) is 5.32 Å². The third kappa shape index (κ3) is 6.40. The highest BCUT2D eigenvalue weighted by Crippen LogP contribution is 2.24. The standard InChI is InChI=1S/C13H20F3NO8/c14-13(15,16)12(23)17-8-10(22)9(21)6(5-18)25-11(8)24-4-2-1-3-7(19)20/h6,8-11,18,21-22H,1-5H2,(H,17,23)(H,19,20)/t6?,8?,9-,10+,11+/m0/s1. The third-order valence-electron chi connectivity index (χ3n) is 3.50. The Labute approximate surface area is 140 Å². The van der Waals surface area contributed by atoms with Gasteiger partial charge in [0.2, 0.25) is 0 Å². The summed E-state index contributed by atoms with van der Waals surface area (Å²) in [4.78, 5) is 21.5. The molecule has 0 bridgehead atoms. The van der Waals surface area contributed by atoms with E-state index in [1.54, 1.807) is 0 Å². The van der Waals surface area contributed by atoms with Crippen LogP contribution in [-0.2, 0) is 19.1 Å². The number of carbonyl (C=O) groups excluding carboxylic acids is 1. The Morgan fingerprint density at radius 1 is 1.16 bits per heavy atom. The van der Waals surface area contributed by atoms with Gasteiger partial charge in [0.05, 0.1) is 6.61 Å². The quantitative estimate of drug-likeness (QED) is 0.331. The number of unbranched alkanes of at least 4 members (excludes halogenated alkanes) is 1. The Morgan fingerprint density at radius 3 is 2.32 bits per heavy atom. The van der Waals surface area contributed by atoms with Gasteiger partial charge >= 0.3 is 18.1 Å². The molecule has 1 aliphatic heterocycles. The topological polar surface area (TPSA) is 146 Å². The van der Waals surface area contributed by atoms with Crippen LogP contribution in [0.3, 0.4) is 0 Å². The second-order valence-corrected chi connectivity index (χ2v) is 5.43. The van der Waals surface area contributed by atoms with Gasteiger partial charge in [0.15, 0.2) is 6.29 Å². The number of aliphatic hydroxyl groups is 3. The minimum absolute atomic E-state index is 0.128. The van der Waals surface area contributed by atoms with E-state index in [1.807, 2.05) is 0 Å². The van der Waals surface area contributed by atoms with Gasteiger partial charge in [0.1, 0.15) is 24.4 Å². The molecule has 0 aromatic rings. The number of carboxylic acid groups (broad SMARTS) is 1. The first-order valence-electron chi connectivity index (χ1n) is 7.41. The molecule has 0 spiro atoms. The van der Waals surface area contributed by atoms with Crippen LogP contribution >= 0.6 is 0 Å². The second kappa shape index (κ2) is 9.29. The Bertz CT molecular complexity index is 461. The summed E-state index contributed by atoms with van der Waals surface area (Å²) in [5.41, 5.74) is 0. The first kappa shape index (κ1) is 21.6. The van der Waals surface area contributed by atoms with E-state index in [-0.39, 0.29) is 25.9 Å². The summed E-state index contributed by atoms with van der Waals surface area (Å²) in [6.45, 7) is -0.867. The fourth-order valence-electron chi connectivity index (χ4n) is 2.19. The molecule has 1 saturated heterocycles. The van der Waals surface area contributed by atoms with Crippen LogP contribution in [0.5, 0.6) is 0 Å². The molecule has 1 amide bonds. The number of amides is 1. The molecular weight excluding hydrogens is 355 g/mol. The minimum Gasteiger partial charge on any atom is -0.481 e. The molecule has 0 aromatic heterocycles. The Balaban J connectivity index is 2.72. The van der Waals surface area contributed by atoms with E-state index >= 15 is 0 Å². The molecule has 1 fully saturated rings. The molecule has 1 rings (SSSR count). The van der Waals surface area contributed by atoms with Crippen LogP contribution in [0.2, 0.25) is 0 Å². The van der Waals surface area contributed by atoms with Crippen molar-refractivity contribution in [2.45, 2.75) is 56.1 Å². The number of aliphatic hydroxyl groups excluding tert-OH is 3. The lowest BCUT2D eigenvalue weighted by Crippen LogP contribution is -2.65. The van der Waals surface area contributed by atoms with Crippen LogP contribution in [-0.4, -0.2) is 82.3 Å². The Hall–Kier alpha value is -1.47. The molecule has 1 heterocycles. The predicted molar refractivity (Wildman–Crippen MR) is 73.2 cm³/mol. The normalized spacial score (nSPS) is 30.1. The van der Waals surface area contributed by atoms with Crippen molar-refractivity contribution in [2.75, 3.05) is 13.2 Å². The highest BCUT2D eigenvalue weighted by atomic mass is 19.4. The van der Waals surface area contributed by atoms with Gasteiger partial charge in [-0.2, -0.15) is 13.2 Å². The number of rotatable bonds is 8. The van der Waals surface area contributed by atoms with Gasteiger partial charge in [0, 0.05) is 13.0 Å². The lowest BCUT2D eigenvalue weighted by Gasteiger charge is -2.42. The zero-order valence-corrected chi connectivity index (χ0v) is 13.0. The fourth-order valence-corrected chi connectivity index (χ4v) is 2.19. The van der Waals surface area contributed by atoms with Gasteiger partial charge in [0.25, 0.3) is 0 Å². The monoisotopic (exact) mass is 375 g/mol. The summed E-state index contributed by atoms with van der Waals surface area (Å²) >= 11 is 0. The largest absolute Gasteiger partial charge is 0.481 e. The fraction of sp³-hybridized carbons (Fsp3) is 0.846. The van der Waals surface area contributed by atoms with Crippen LogP contribution in [0, 0.1) is 0 Å². The van der Waals surface area contributed by atoms with Crippen LogP contribution in [0.15, 0.2) is 0 Å². The average Bonchev–Trinajstić information content (AvgIpc) is 2.51. The van der Waals surface area contributed by atoms with Crippen molar-refractivity contribution in [2.24, 2.45) is 0 Å². The number of nitrogens with one attached hydrogen (secondary N) is 1. The van der Waals surface area contributed by atoms with E-state index in [9.17, 15) is 33.0 Å². The Morgan fingerprint density at radius 2 is 1.80 bits per heavy atom. The molecule has 0 aromatic carbocycles. The van der Waals surface area contributed by atoms with Gasteiger partial charge in [-0.3, -0.25) is 9.59 Å². The van der Waals surface area contributed by atoms with E-state index in [0.29, 0.717) is 0 Å². The van der Waals surface area contributed by atoms with Crippen molar-refractivity contribution in [3.63, 3.8) is 0 Å². The molecule has 25 heavy (non-hydrogen) atoms. The van der Waals surface area contributed by atoms with Crippen molar-refractivity contribution < 1.29 is 52.7 Å². The third-order valence-corrected chi connectivity index (χ3v) is 3.50. The van der Waals surface area contributed by atoms with Gasteiger partial charge in [-0.15, -0.1) is 0 Å². The summed E-state index contributed by atoms with van der Waals surface area (Å²) < 4.78 is 47.4. The van der Waals surface area contributed by atoms with Crippen molar-refractivity contribution in [1.29, 1.82) is 0 Å². The lowest BCUT2D eigenvalue weighted by molar-refractivity contribution is -0.272.